The van der Waals surface area contributed by atoms with Crippen LogP contribution in [0, 0.1) is 6.92 Å². The molecule has 2 rings (SSSR count). The number of nitrogens with one attached hydrogen (secondary N) is 1. The van der Waals surface area contributed by atoms with Gasteiger partial charge in [0.05, 0.1) is 5.88 Å². The highest BCUT2D eigenvalue weighted by Gasteiger charge is 1.97. The minimum absolute atomic E-state index is 0.598. The zero-order valence-electron chi connectivity index (χ0n) is 14.4. The summed E-state index contributed by atoms with van der Waals surface area (Å²) >= 11 is 4.11. The Hall–Kier alpha value is -1.61. The molecule has 0 unspecified atom stereocenters. The van der Waals surface area contributed by atoms with Gasteiger partial charge in [-0.25, -0.2) is 0 Å². The number of benzene rings is 2. The molecule has 0 saturated heterocycles. The average molecular weight is 320 g/mol. The predicted octanol–water partition coefficient (Wildman–Crippen LogP) is 5.93. The van der Waals surface area contributed by atoms with Crippen molar-refractivity contribution < 1.29 is 4.74 Å². The summed E-state index contributed by atoms with van der Waals surface area (Å²) in [6.45, 7) is 10.7. The molecular formula is C19H29NOS. The van der Waals surface area contributed by atoms with Crippen LogP contribution >= 0.6 is 12.6 Å². The molecule has 3 heteroatoms. The van der Waals surface area contributed by atoms with E-state index in [9.17, 15) is 0 Å². The van der Waals surface area contributed by atoms with Crippen molar-refractivity contribution in [2.75, 3.05) is 11.2 Å². The van der Waals surface area contributed by atoms with Crippen LogP contribution in [0.2, 0.25) is 0 Å². The third-order valence-electron chi connectivity index (χ3n) is 2.63. The van der Waals surface area contributed by atoms with Gasteiger partial charge in [0.1, 0.15) is 12.4 Å². The van der Waals surface area contributed by atoms with Crippen molar-refractivity contribution in [2.24, 2.45) is 0 Å². The van der Waals surface area contributed by atoms with Gasteiger partial charge in [-0.2, -0.15) is 12.6 Å². The lowest BCUT2D eigenvalue weighted by molar-refractivity contribution is 0.306. The molecule has 0 radical (unpaired) electrons. The van der Waals surface area contributed by atoms with Crippen molar-refractivity contribution >= 4 is 18.3 Å². The number of aryl methyl sites for hydroxylation is 1. The van der Waals surface area contributed by atoms with E-state index in [1.807, 2.05) is 58.0 Å². The Kier molecular flexibility index (Phi) is 12.1. The summed E-state index contributed by atoms with van der Waals surface area (Å²) in [7, 11) is 0. The summed E-state index contributed by atoms with van der Waals surface area (Å²) in [5.74, 6) is 1.50. The van der Waals surface area contributed by atoms with E-state index in [4.69, 9.17) is 4.74 Å². The molecule has 2 nitrogen and oxygen atoms in total. The molecule has 122 valence electrons. The molecule has 0 atom stereocenters. The molecule has 0 fully saturated rings. The quantitative estimate of drug-likeness (QED) is 0.527. The van der Waals surface area contributed by atoms with Crippen LogP contribution in [0.5, 0.6) is 5.75 Å². The minimum Gasteiger partial charge on any atom is -0.489 e. The maximum Gasteiger partial charge on any atom is 0.119 e. The largest absolute Gasteiger partial charge is 0.489 e. The first-order valence-corrected chi connectivity index (χ1v) is 8.54. The number of rotatable bonds is 5. The Morgan fingerprint density at radius 1 is 0.955 bits per heavy atom. The van der Waals surface area contributed by atoms with Crippen LogP contribution in [-0.2, 0) is 6.61 Å². The van der Waals surface area contributed by atoms with Gasteiger partial charge < -0.3 is 10.1 Å². The summed E-state index contributed by atoms with van der Waals surface area (Å²) in [4.78, 5) is 0. The summed E-state index contributed by atoms with van der Waals surface area (Å²) in [5.41, 5.74) is 3.49. The van der Waals surface area contributed by atoms with Crippen molar-refractivity contribution in [1.29, 1.82) is 0 Å². The van der Waals surface area contributed by atoms with Crippen LogP contribution in [0.25, 0.3) is 0 Å². The van der Waals surface area contributed by atoms with Gasteiger partial charge in [-0.05, 0) is 36.8 Å². The predicted molar refractivity (Wildman–Crippen MR) is 102 cm³/mol. The zero-order valence-corrected chi connectivity index (χ0v) is 15.3. The van der Waals surface area contributed by atoms with E-state index in [0.29, 0.717) is 12.5 Å². The van der Waals surface area contributed by atoms with Gasteiger partial charge in [-0.1, -0.05) is 57.5 Å². The van der Waals surface area contributed by atoms with Crippen LogP contribution in [0.15, 0.2) is 48.5 Å². The molecule has 0 bridgehead atoms. The third-order valence-corrected chi connectivity index (χ3v) is 2.78. The summed E-state index contributed by atoms with van der Waals surface area (Å²) in [5, 5.41) is 3.12. The molecule has 1 N–H and O–H groups in total. The van der Waals surface area contributed by atoms with E-state index in [1.165, 1.54) is 11.1 Å². The fourth-order valence-corrected chi connectivity index (χ4v) is 1.91. The van der Waals surface area contributed by atoms with Crippen molar-refractivity contribution in [3.8, 4) is 5.75 Å². The Balaban J connectivity index is 0.00000102. The lowest BCUT2D eigenvalue weighted by Crippen LogP contribution is -1.97. The highest BCUT2D eigenvalue weighted by Crippen LogP contribution is 2.17. The van der Waals surface area contributed by atoms with Crippen LogP contribution < -0.4 is 10.1 Å². The smallest absolute Gasteiger partial charge is 0.119 e. The SMILES string of the molecule is CC.CC.Cc1cccc(COc2ccc(NCS)cc2)c1. The Morgan fingerprint density at radius 3 is 2.14 bits per heavy atom. The number of anilines is 1. The monoisotopic (exact) mass is 319 g/mol. The Bertz CT molecular complexity index is 497. The molecule has 0 aliphatic rings. The van der Waals surface area contributed by atoms with Gasteiger partial charge in [-0.3, -0.25) is 0 Å². The van der Waals surface area contributed by atoms with Crippen molar-refractivity contribution in [3.63, 3.8) is 0 Å². The van der Waals surface area contributed by atoms with Crippen LogP contribution in [0.3, 0.4) is 0 Å². The minimum atomic E-state index is 0.598. The van der Waals surface area contributed by atoms with E-state index in [2.05, 4.69) is 43.1 Å². The first-order valence-electron chi connectivity index (χ1n) is 7.91. The normalized spacial score (nSPS) is 8.82. The molecule has 2 aromatic carbocycles. The van der Waals surface area contributed by atoms with Gasteiger partial charge in [0, 0.05) is 5.69 Å². The van der Waals surface area contributed by atoms with Gasteiger partial charge in [0.2, 0.25) is 0 Å². The first kappa shape index (κ1) is 20.4. The summed E-state index contributed by atoms with van der Waals surface area (Å²) < 4.78 is 5.73. The second-order valence-electron chi connectivity index (χ2n) is 4.14. The third kappa shape index (κ3) is 7.99. The van der Waals surface area contributed by atoms with E-state index < -0.39 is 0 Å². The molecule has 2 aromatic rings. The standard InChI is InChI=1S/C15H17NOS.2C2H6/c1-12-3-2-4-13(9-12)10-17-15-7-5-14(6-8-15)16-11-18;2*1-2/h2-9,16,18H,10-11H2,1H3;2*1-2H3. The van der Waals surface area contributed by atoms with E-state index in [-0.39, 0.29) is 0 Å². The van der Waals surface area contributed by atoms with Crippen LogP contribution in [0.4, 0.5) is 5.69 Å². The topological polar surface area (TPSA) is 21.3 Å². The Labute approximate surface area is 141 Å². The molecule has 0 aromatic heterocycles. The summed E-state index contributed by atoms with van der Waals surface area (Å²) in [6, 6.07) is 16.2. The van der Waals surface area contributed by atoms with E-state index in [0.717, 1.165) is 11.4 Å². The number of thiol groups is 1. The number of hydrogen-bond acceptors (Lipinski definition) is 3. The lowest BCUT2D eigenvalue weighted by Gasteiger charge is -2.08. The van der Waals surface area contributed by atoms with E-state index >= 15 is 0 Å². The molecule has 0 aliphatic carbocycles. The molecule has 0 amide bonds. The average Bonchev–Trinajstić information content (AvgIpc) is 2.58. The van der Waals surface area contributed by atoms with Crippen molar-refractivity contribution in [1.82, 2.24) is 0 Å². The molecule has 0 spiro atoms. The molecular weight excluding hydrogens is 290 g/mol. The van der Waals surface area contributed by atoms with E-state index in [1.54, 1.807) is 0 Å². The molecule has 22 heavy (non-hydrogen) atoms. The second-order valence-corrected chi connectivity index (χ2v) is 4.45. The number of hydrogen-bond donors (Lipinski definition) is 2. The van der Waals surface area contributed by atoms with Crippen molar-refractivity contribution in [3.05, 3.63) is 59.7 Å². The lowest BCUT2D eigenvalue weighted by atomic mass is 10.1. The maximum atomic E-state index is 5.73. The van der Waals surface area contributed by atoms with Crippen LogP contribution in [0.1, 0.15) is 38.8 Å². The second kappa shape index (κ2) is 13.1. The Morgan fingerprint density at radius 2 is 1.59 bits per heavy atom. The van der Waals surface area contributed by atoms with Crippen molar-refractivity contribution in [2.45, 2.75) is 41.2 Å². The highest BCUT2D eigenvalue weighted by molar-refractivity contribution is 7.80. The fourth-order valence-electron chi connectivity index (χ4n) is 1.73. The molecule has 0 aliphatic heterocycles. The zero-order chi connectivity index (χ0) is 16.8. The van der Waals surface area contributed by atoms with Gasteiger partial charge in [-0.15, -0.1) is 0 Å². The molecule has 0 saturated carbocycles. The summed E-state index contributed by atoms with van der Waals surface area (Å²) in [6.07, 6.45) is 0. The number of ether oxygens (including phenoxy) is 1. The molecule has 0 heterocycles. The van der Waals surface area contributed by atoms with Gasteiger partial charge in [0.15, 0.2) is 0 Å². The van der Waals surface area contributed by atoms with Crippen LogP contribution in [-0.4, -0.2) is 5.88 Å². The van der Waals surface area contributed by atoms with Gasteiger partial charge >= 0.3 is 0 Å². The highest BCUT2D eigenvalue weighted by atomic mass is 32.1. The fraction of sp³-hybridized carbons (Fsp3) is 0.368. The van der Waals surface area contributed by atoms with Gasteiger partial charge in [0.25, 0.3) is 0 Å². The first-order chi connectivity index (χ1) is 10.8. The maximum absolute atomic E-state index is 5.73.